The van der Waals surface area contributed by atoms with Crippen LogP contribution in [0.15, 0.2) is 24.5 Å². The lowest BCUT2D eigenvalue weighted by molar-refractivity contribution is -0.137. The van der Waals surface area contributed by atoms with E-state index in [1.54, 1.807) is 6.20 Å². The molecule has 1 aromatic rings. The highest BCUT2D eigenvalue weighted by atomic mass is 16.2. The predicted molar refractivity (Wildman–Crippen MR) is 77.6 cm³/mol. The Kier molecular flexibility index (Phi) is 6.50. The van der Waals surface area contributed by atoms with Gasteiger partial charge in [0.1, 0.15) is 0 Å². The highest BCUT2D eigenvalue weighted by Gasteiger charge is 2.22. The quantitative estimate of drug-likeness (QED) is 0.819. The first-order valence-electron chi connectivity index (χ1n) is 6.96. The molecule has 0 aliphatic rings. The van der Waals surface area contributed by atoms with Gasteiger partial charge in [-0.1, -0.05) is 19.9 Å². The number of nitrogens with zero attached hydrogens (tertiary/aromatic N) is 2. The van der Waals surface area contributed by atoms with Crippen molar-refractivity contribution in [3.8, 4) is 0 Å². The summed E-state index contributed by atoms with van der Waals surface area (Å²) in [6.45, 7) is 10.4. The Morgan fingerprint density at radius 1 is 1.42 bits per heavy atom. The van der Waals surface area contributed by atoms with Gasteiger partial charge >= 0.3 is 0 Å². The second kappa shape index (κ2) is 7.89. The molecule has 0 bridgehead atoms. The van der Waals surface area contributed by atoms with Gasteiger partial charge in [-0.2, -0.15) is 0 Å². The van der Waals surface area contributed by atoms with Gasteiger partial charge in [0.25, 0.3) is 0 Å². The molecular weight excluding hydrogens is 238 g/mol. The molecule has 0 fully saturated rings. The highest BCUT2D eigenvalue weighted by molar-refractivity contribution is 5.79. The molecule has 1 unspecified atom stereocenters. The van der Waals surface area contributed by atoms with Crippen molar-refractivity contribution in [1.82, 2.24) is 15.2 Å². The lowest BCUT2D eigenvalue weighted by Crippen LogP contribution is -2.42. The van der Waals surface area contributed by atoms with E-state index in [0.29, 0.717) is 6.54 Å². The number of hydrogen-bond acceptors (Lipinski definition) is 3. The maximum atomic E-state index is 12.5. The zero-order valence-electron chi connectivity index (χ0n) is 12.4. The van der Waals surface area contributed by atoms with Gasteiger partial charge in [0, 0.05) is 37.4 Å². The number of aromatic nitrogens is 1. The molecule has 1 aromatic heterocycles. The molecule has 0 radical (unpaired) electrons. The van der Waals surface area contributed by atoms with Gasteiger partial charge in [-0.25, -0.2) is 0 Å². The maximum absolute atomic E-state index is 12.5. The summed E-state index contributed by atoms with van der Waals surface area (Å²) < 4.78 is 0. The Morgan fingerprint density at radius 3 is 2.68 bits per heavy atom. The van der Waals surface area contributed by atoms with Crippen molar-refractivity contribution in [2.24, 2.45) is 5.92 Å². The zero-order chi connectivity index (χ0) is 14.3. The minimum absolute atomic E-state index is 0.000906. The van der Waals surface area contributed by atoms with Gasteiger partial charge < -0.3 is 10.2 Å². The number of rotatable bonds is 7. The topological polar surface area (TPSA) is 45.2 Å². The third-order valence-electron chi connectivity index (χ3n) is 3.10. The van der Waals surface area contributed by atoms with Crippen molar-refractivity contribution < 1.29 is 4.79 Å². The summed E-state index contributed by atoms with van der Waals surface area (Å²) >= 11 is 0. The zero-order valence-corrected chi connectivity index (χ0v) is 12.4. The van der Waals surface area contributed by atoms with E-state index in [4.69, 9.17) is 0 Å². The van der Waals surface area contributed by atoms with Crippen LogP contribution in [0.3, 0.4) is 0 Å². The average Bonchev–Trinajstić information content (AvgIpc) is 2.42. The molecule has 0 spiro atoms. The molecule has 19 heavy (non-hydrogen) atoms. The average molecular weight is 263 g/mol. The molecule has 0 aromatic carbocycles. The van der Waals surface area contributed by atoms with Crippen molar-refractivity contribution in [2.45, 2.75) is 40.3 Å². The fraction of sp³-hybridized carbons (Fsp3) is 0.600. The van der Waals surface area contributed by atoms with E-state index < -0.39 is 0 Å². The van der Waals surface area contributed by atoms with Gasteiger partial charge in [0.05, 0.1) is 0 Å². The third kappa shape index (κ3) is 4.99. The second-order valence-corrected chi connectivity index (χ2v) is 5.13. The van der Waals surface area contributed by atoms with E-state index in [1.165, 1.54) is 0 Å². The fourth-order valence-corrected chi connectivity index (χ4v) is 1.93. The summed E-state index contributed by atoms with van der Waals surface area (Å²) in [5.74, 6) is 0.193. The van der Waals surface area contributed by atoms with Gasteiger partial charge in [0.15, 0.2) is 0 Å². The number of amides is 1. The lowest BCUT2D eigenvalue weighted by atomic mass is 10.1. The number of carbonyl (C=O) groups excluding carboxylic acids is 1. The molecule has 1 rings (SSSR count). The molecule has 1 atom stereocenters. The van der Waals surface area contributed by atoms with Crippen molar-refractivity contribution >= 4 is 5.91 Å². The first kappa shape index (κ1) is 15.6. The van der Waals surface area contributed by atoms with E-state index >= 15 is 0 Å². The normalized spacial score (nSPS) is 12.5. The van der Waals surface area contributed by atoms with Crippen molar-refractivity contribution in [3.63, 3.8) is 0 Å². The molecule has 4 heteroatoms. The number of nitrogens with one attached hydrogen (secondary N) is 1. The Bertz CT molecular complexity index is 378. The summed E-state index contributed by atoms with van der Waals surface area (Å²) in [6.07, 6.45) is 3.57. The highest BCUT2D eigenvalue weighted by Crippen LogP contribution is 2.11. The monoisotopic (exact) mass is 263 g/mol. The van der Waals surface area contributed by atoms with Crippen LogP contribution in [0.5, 0.6) is 0 Å². The van der Waals surface area contributed by atoms with E-state index in [0.717, 1.165) is 18.7 Å². The Morgan fingerprint density at radius 2 is 2.16 bits per heavy atom. The van der Waals surface area contributed by atoms with E-state index in [1.807, 2.05) is 50.9 Å². The molecule has 4 nitrogen and oxygen atoms in total. The number of pyridine rings is 1. The van der Waals surface area contributed by atoms with Crippen LogP contribution >= 0.6 is 0 Å². The molecule has 0 aliphatic carbocycles. The summed E-state index contributed by atoms with van der Waals surface area (Å²) in [7, 11) is 0. The summed E-state index contributed by atoms with van der Waals surface area (Å²) in [4.78, 5) is 18.5. The van der Waals surface area contributed by atoms with Crippen LogP contribution in [0, 0.1) is 5.92 Å². The minimum atomic E-state index is -0.000906. The van der Waals surface area contributed by atoms with Crippen molar-refractivity contribution in [1.29, 1.82) is 0 Å². The van der Waals surface area contributed by atoms with Crippen LogP contribution in [-0.4, -0.2) is 34.9 Å². The lowest BCUT2D eigenvalue weighted by Gasteiger charge is -2.29. The molecule has 106 valence electrons. The standard InChI is InChI=1S/C15H25N3O/c1-5-16-9-13(4)15(19)18(12(2)3)11-14-7-6-8-17-10-14/h6-8,10,12-13,16H,5,9,11H2,1-4H3. The maximum Gasteiger partial charge on any atom is 0.227 e. The van der Waals surface area contributed by atoms with Crippen LogP contribution in [-0.2, 0) is 11.3 Å². The Hall–Kier alpha value is -1.42. The van der Waals surface area contributed by atoms with E-state index in [9.17, 15) is 4.79 Å². The van der Waals surface area contributed by atoms with Gasteiger partial charge in [-0.05, 0) is 32.0 Å². The van der Waals surface area contributed by atoms with Crippen LogP contribution in [0.25, 0.3) is 0 Å². The SMILES string of the molecule is CCNCC(C)C(=O)N(Cc1cccnc1)C(C)C. The fourth-order valence-electron chi connectivity index (χ4n) is 1.93. The molecule has 1 heterocycles. The Balaban J connectivity index is 2.69. The van der Waals surface area contributed by atoms with Crippen LogP contribution < -0.4 is 5.32 Å². The molecule has 1 N–H and O–H groups in total. The number of carbonyl (C=O) groups is 1. The minimum Gasteiger partial charge on any atom is -0.336 e. The van der Waals surface area contributed by atoms with E-state index in [-0.39, 0.29) is 17.9 Å². The molecule has 0 saturated heterocycles. The number of hydrogen-bond donors (Lipinski definition) is 1. The molecule has 1 amide bonds. The van der Waals surface area contributed by atoms with Gasteiger partial charge in [-0.3, -0.25) is 9.78 Å². The van der Waals surface area contributed by atoms with Crippen LogP contribution in [0.1, 0.15) is 33.3 Å². The molecular formula is C15H25N3O. The van der Waals surface area contributed by atoms with Gasteiger partial charge in [0.2, 0.25) is 5.91 Å². The summed E-state index contributed by atoms with van der Waals surface area (Å²) in [5, 5.41) is 3.23. The first-order chi connectivity index (χ1) is 9.06. The summed E-state index contributed by atoms with van der Waals surface area (Å²) in [6, 6.07) is 4.10. The van der Waals surface area contributed by atoms with Crippen LogP contribution in [0.2, 0.25) is 0 Å². The smallest absolute Gasteiger partial charge is 0.227 e. The largest absolute Gasteiger partial charge is 0.336 e. The van der Waals surface area contributed by atoms with Crippen LogP contribution in [0.4, 0.5) is 0 Å². The Labute approximate surface area is 116 Å². The van der Waals surface area contributed by atoms with Crippen molar-refractivity contribution in [2.75, 3.05) is 13.1 Å². The first-order valence-corrected chi connectivity index (χ1v) is 6.96. The van der Waals surface area contributed by atoms with Gasteiger partial charge in [-0.15, -0.1) is 0 Å². The predicted octanol–water partition coefficient (Wildman–Crippen LogP) is 2.06. The molecule has 0 saturated carbocycles. The van der Waals surface area contributed by atoms with Crippen molar-refractivity contribution in [3.05, 3.63) is 30.1 Å². The third-order valence-corrected chi connectivity index (χ3v) is 3.10. The summed E-state index contributed by atoms with van der Waals surface area (Å²) in [5.41, 5.74) is 1.07. The second-order valence-electron chi connectivity index (χ2n) is 5.13. The van der Waals surface area contributed by atoms with E-state index in [2.05, 4.69) is 10.3 Å². The molecule has 0 aliphatic heterocycles.